The highest BCUT2D eigenvalue weighted by atomic mass is 32.1. The minimum absolute atomic E-state index is 0.252. The van der Waals surface area contributed by atoms with Crippen LogP contribution in [0.4, 0.5) is 8.78 Å². The Morgan fingerprint density at radius 3 is 2.40 bits per heavy atom. The van der Waals surface area contributed by atoms with E-state index in [-0.39, 0.29) is 5.92 Å². The van der Waals surface area contributed by atoms with Crippen molar-refractivity contribution < 1.29 is 13.5 Å². The summed E-state index contributed by atoms with van der Waals surface area (Å²) < 4.78 is 27.5. The Morgan fingerprint density at radius 2 is 2.00 bits per heavy atom. The average molecular weight is 170 g/mol. The first-order valence-corrected chi connectivity index (χ1v) is 3.76. The lowest BCUT2D eigenvalue weighted by atomic mass is 10.2. The summed E-state index contributed by atoms with van der Waals surface area (Å²) in [5.74, 6) is 0.922. The molecule has 1 unspecified atom stereocenters. The van der Waals surface area contributed by atoms with Crippen LogP contribution in [-0.4, -0.2) is 25.4 Å². The summed E-state index contributed by atoms with van der Waals surface area (Å²) >= 11 is 3.97. The Kier molecular flexibility index (Phi) is 6.02. The smallest absolute Gasteiger partial charge is 0.261 e. The molecule has 0 amide bonds. The van der Waals surface area contributed by atoms with E-state index in [0.717, 1.165) is 0 Å². The second kappa shape index (κ2) is 5.92. The molecule has 0 fully saturated rings. The minimum Gasteiger partial charge on any atom is -0.375 e. The van der Waals surface area contributed by atoms with Crippen LogP contribution in [-0.2, 0) is 4.74 Å². The van der Waals surface area contributed by atoms with Crippen LogP contribution in [0.1, 0.15) is 6.92 Å². The van der Waals surface area contributed by atoms with E-state index < -0.39 is 13.0 Å². The summed E-state index contributed by atoms with van der Waals surface area (Å²) in [5, 5.41) is 0. The van der Waals surface area contributed by atoms with E-state index in [4.69, 9.17) is 0 Å². The molecule has 0 aromatic heterocycles. The van der Waals surface area contributed by atoms with Crippen LogP contribution >= 0.6 is 12.6 Å². The first-order chi connectivity index (χ1) is 4.66. The van der Waals surface area contributed by atoms with Gasteiger partial charge in [0, 0.05) is 0 Å². The number of hydrogen-bond acceptors (Lipinski definition) is 2. The van der Waals surface area contributed by atoms with Crippen molar-refractivity contribution in [3.8, 4) is 0 Å². The minimum atomic E-state index is -2.35. The molecule has 0 rings (SSSR count). The van der Waals surface area contributed by atoms with E-state index in [1.807, 2.05) is 6.92 Å². The van der Waals surface area contributed by atoms with Gasteiger partial charge >= 0.3 is 0 Å². The van der Waals surface area contributed by atoms with Crippen LogP contribution in [0, 0.1) is 5.92 Å². The standard InChI is InChI=1S/C6H12F2OS/c1-5(4-10)2-9-3-6(7)8/h5-6,10H,2-4H2,1H3. The van der Waals surface area contributed by atoms with Crippen molar-refractivity contribution in [1.29, 1.82) is 0 Å². The number of alkyl halides is 2. The molecule has 4 heteroatoms. The number of rotatable bonds is 5. The topological polar surface area (TPSA) is 9.23 Å². The monoisotopic (exact) mass is 170 g/mol. The quantitative estimate of drug-likeness (QED) is 0.619. The van der Waals surface area contributed by atoms with Crippen molar-refractivity contribution in [2.24, 2.45) is 5.92 Å². The van der Waals surface area contributed by atoms with Crippen molar-refractivity contribution in [3.05, 3.63) is 0 Å². The van der Waals surface area contributed by atoms with E-state index in [9.17, 15) is 8.78 Å². The highest BCUT2D eigenvalue weighted by Gasteiger charge is 2.03. The summed E-state index contributed by atoms with van der Waals surface area (Å²) in [6, 6.07) is 0. The first kappa shape index (κ1) is 10.2. The van der Waals surface area contributed by atoms with Crippen LogP contribution in [0.3, 0.4) is 0 Å². The number of halogens is 2. The summed E-state index contributed by atoms with van der Waals surface area (Å²) in [7, 11) is 0. The third kappa shape index (κ3) is 6.29. The van der Waals surface area contributed by atoms with Gasteiger partial charge in [-0.15, -0.1) is 0 Å². The number of ether oxygens (including phenoxy) is 1. The molecular weight excluding hydrogens is 158 g/mol. The zero-order chi connectivity index (χ0) is 7.98. The lowest BCUT2D eigenvalue weighted by Crippen LogP contribution is -2.11. The van der Waals surface area contributed by atoms with Crippen molar-refractivity contribution in [3.63, 3.8) is 0 Å². The summed E-state index contributed by atoms with van der Waals surface area (Å²) in [6.45, 7) is 1.81. The van der Waals surface area contributed by atoms with Crippen molar-refractivity contribution >= 4 is 12.6 Å². The Bertz CT molecular complexity index is 80.1. The maximum absolute atomic E-state index is 11.4. The van der Waals surface area contributed by atoms with Gasteiger partial charge in [0.15, 0.2) is 0 Å². The van der Waals surface area contributed by atoms with Gasteiger partial charge in [-0.3, -0.25) is 0 Å². The molecule has 0 saturated carbocycles. The van der Waals surface area contributed by atoms with E-state index >= 15 is 0 Å². The fraction of sp³-hybridized carbons (Fsp3) is 1.00. The first-order valence-electron chi connectivity index (χ1n) is 3.13. The fourth-order valence-corrected chi connectivity index (χ4v) is 0.516. The molecule has 1 nitrogen and oxygen atoms in total. The Balaban J connectivity index is 3.03. The van der Waals surface area contributed by atoms with Crippen LogP contribution in [0.5, 0.6) is 0 Å². The van der Waals surface area contributed by atoms with Gasteiger partial charge in [-0.05, 0) is 11.7 Å². The second-order valence-electron chi connectivity index (χ2n) is 2.22. The van der Waals surface area contributed by atoms with Gasteiger partial charge in [-0.1, -0.05) is 6.92 Å². The molecule has 10 heavy (non-hydrogen) atoms. The molecule has 0 spiro atoms. The Labute approximate surface area is 65.2 Å². The predicted octanol–water partition coefficient (Wildman–Crippen LogP) is 1.83. The zero-order valence-electron chi connectivity index (χ0n) is 5.89. The van der Waals surface area contributed by atoms with Gasteiger partial charge in [0.1, 0.15) is 6.61 Å². The molecule has 62 valence electrons. The van der Waals surface area contributed by atoms with E-state index in [1.165, 1.54) is 0 Å². The molecule has 0 heterocycles. The van der Waals surface area contributed by atoms with E-state index in [1.54, 1.807) is 0 Å². The van der Waals surface area contributed by atoms with Gasteiger partial charge in [0.05, 0.1) is 6.61 Å². The number of hydrogen-bond donors (Lipinski definition) is 1. The van der Waals surface area contributed by atoms with Crippen LogP contribution < -0.4 is 0 Å². The third-order valence-electron chi connectivity index (χ3n) is 0.958. The second-order valence-corrected chi connectivity index (χ2v) is 2.58. The van der Waals surface area contributed by atoms with Crippen molar-refractivity contribution in [2.45, 2.75) is 13.3 Å². The van der Waals surface area contributed by atoms with E-state index in [0.29, 0.717) is 12.4 Å². The molecule has 0 bridgehead atoms. The molecule has 0 aliphatic carbocycles. The van der Waals surface area contributed by atoms with Crippen LogP contribution in [0.2, 0.25) is 0 Å². The lowest BCUT2D eigenvalue weighted by Gasteiger charge is -2.07. The summed E-state index contributed by atoms with van der Waals surface area (Å²) in [5.41, 5.74) is 0. The maximum Gasteiger partial charge on any atom is 0.261 e. The van der Waals surface area contributed by atoms with Crippen molar-refractivity contribution in [1.82, 2.24) is 0 Å². The predicted molar refractivity (Wildman–Crippen MR) is 39.8 cm³/mol. The zero-order valence-corrected chi connectivity index (χ0v) is 6.78. The molecule has 0 aliphatic rings. The number of thiol groups is 1. The highest BCUT2D eigenvalue weighted by molar-refractivity contribution is 7.80. The van der Waals surface area contributed by atoms with Gasteiger partial charge in [0.2, 0.25) is 0 Å². The summed E-state index contributed by atoms with van der Waals surface area (Å²) in [4.78, 5) is 0. The summed E-state index contributed by atoms with van der Waals surface area (Å²) in [6.07, 6.45) is -2.35. The van der Waals surface area contributed by atoms with Gasteiger partial charge in [0.25, 0.3) is 6.43 Å². The molecule has 0 saturated heterocycles. The third-order valence-corrected chi connectivity index (χ3v) is 1.58. The fourth-order valence-electron chi connectivity index (χ4n) is 0.411. The van der Waals surface area contributed by atoms with Crippen LogP contribution in [0.15, 0.2) is 0 Å². The van der Waals surface area contributed by atoms with Gasteiger partial charge in [-0.25, -0.2) is 8.78 Å². The molecule has 0 radical (unpaired) electrons. The van der Waals surface area contributed by atoms with Gasteiger partial charge < -0.3 is 4.74 Å². The molecule has 0 aromatic rings. The normalized spacial score (nSPS) is 14.1. The Hall–Kier alpha value is 0.170. The average Bonchev–Trinajstić information content (AvgIpc) is 1.87. The lowest BCUT2D eigenvalue weighted by molar-refractivity contribution is 0.00848. The molecule has 0 N–H and O–H groups in total. The van der Waals surface area contributed by atoms with Crippen molar-refractivity contribution in [2.75, 3.05) is 19.0 Å². The molecule has 0 aliphatic heterocycles. The van der Waals surface area contributed by atoms with Gasteiger partial charge in [-0.2, -0.15) is 12.6 Å². The van der Waals surface area contributed by atoms with E-state index in [2.05, 4.69) is 17.4 Å². The molecular formula is C6H12F2OS. The molecule has 1 atom stereocenters. The van der Waals surface area contributed by atoms with Crippen LogP contribution in [0.25, 0.3) is 0 Å². The SMILES string of the molecule is CC(CS)COCC(F)F. The molecule has 0 aromatic carbocycles. The maximum atomic E-state index is 11.4. The largest absolute Gasteiger partial charge is 0.375 e. The highest BCUT2D eigenvalue weighted by Crippen LogP contribution is 2.00. The Morgan fingerprint density at radius 1 is 1.40 bits per heavy atom.